The Morgan fingerprint density at radius 1 is 1.30 bits per heavy atom. The van der Waals surface area contributed by atoms with Crippen molar-refractivity contribution in [3.05, 3.63) is 40.6 Å². The molecule has 0 amide bonds. The molecule has 1 unspecified atom stereocenters. The SMILES string of the molecule is CC(C)[N+]1(c2ccc(Cl)cc2Cl)C=CN=C1CCO.Cl. The van der Waals surface area contributed by atoms with Gasteiger partial charge in [0.15, 0.2) is 5.69 Å². The van der Waals surface area contributed by atoms with Gasteiger partial charge in [-0.2, -0.15) is 0 Å². The summed E-state index contributed by atoms with van der Waals surface area (Å²) < 4.78 is 0.441. The number of benzene rings is 1. The highest BCUT2D eigenvalue weighted by molar-refractivity contribution is 6.36. The number of hydrogen-bond donors (Lipinski definition) is 1. The molecular formula is C14H18Cl3N2O+. The van der Waals surface area contributed by atoms with Crippen molar-refractivity contribution in [2.24, 2.45) is 4.99 Å². The minimum atomic E-state index is 0. The van der Waals surface area contributed by atoms with E-state index in [1.165, 1.54) is 0 Å². The minimum Gasteiger partial charge on any atom is -0.396 e. The summed E-state index contributed by atoms with van der Waals surface area (Å²) in [6, 6.07) is 5.72. The summed E-state index contributed by atoms with van der Waals surface area (Å²) in [7, 11) is 0. The van der Waals surface area contributed by atoms with Gasteiger partial charge in [0, 0.05) is 11.1 Å². The molecule has 20 heavy (non-hydrogen) atoms. The van der Waals surface area contributed by atoms with Crippen molar-refractivity contribution in [1.29, 1.82) is 0 Å². The highest BCUT2D eigenvalue weighted by atomic mass is 35.5. The Morgan fingerprint density at radius 2 is 2.00 bits per heavy atom. The molecule has 0 aliphatic carbocycles. The molecule has 6 heteroatoms. The maximum atomic E-state index is 9.23. The molecule has 1 N–H and O–H groups in total. The van der Waals surface area contributed by atoms with E-state index in [1.54, 1.807) is 12.3 Å². The third-order valence-corrected chi connectivity index (χ3v) is 3.95. The summed E-state index contributed by atoms with van der Waals surface area (Å²) in [5.41, 5.74) is 0.932. The topological polar surface area (TPSA) is 32.6 Å². The Labute approximate surface area is 135 Å². The lowest BCUT2D eigenvalue weighted by Crippen LogP contribution is -2.53. The highest BCUT2D eigenvalue weighted by Gasteiger charge is 2.42. The van der Waals surface area contributed by atoms with E-state index in [1.807, 2.05) is 18.3 Å². The number of hydrogen-bond acceptors (Lipinski definition) is 2. The van der Waals surface area contributed by atoms with Crippen molar-refractivity contribution in [1.82, 2.24) is 4.48 Å². The van der Waals surface area contributed by atoms with Crippen LogP contribution in [-0.4, -0.2) is 23.6 Å². The highest BCUT2D eigenvalue weighted by Crippen LogP contribution is 2.39. The van der Waals surface area contributed by atoms with Crippen molar-refractivity contribution in [2.75, 3.05) is 6.61 Å². The fourth-order valence-electron chi connectivity index (χ4n) is 2.50. The average molecular weight is 337 g/mol. The molecule has 0 saturated heterocycles. The molecule has 1 atom stereocenters. The minimum absolute atomic E-state index is 0. The van der Waals surface area contributed by atoms with Gasteiger partial charge in [0.25, 0.3) is 0 Å². The fraction of sp³-hybridized carbons (Fsp3) is 0.357. The Morgan fingerprint density at radius 3 is 2.55 bits per heavy atom. The number of aliphatic imine (C=N–C) groups is 1. The summed E-state index contributed by atoms with van der Waals surface area (Å²) >= 11 is 12.3. The van der Waals surface area contributed by atoms with Crippen LogP contribution in [0, 0.1) is 0 Å². The zero-order valence-electron chi connectivity index (χ0n) is 11.4. The van der Waals surface area contributed by atoms with Gasteiger partial charge >= 0.3 is 0 Å². The van der Waals surface area contributed by atoms with Gasteiger partial charge in [-0.15, -0.1) is 12.4 Å². The number of nitrogens with zero attached hydrogens (tertiary/aromatic N) is 2. The monoisotopic (exact) mass is 335 g/mol. The molecular weight excluding hydrogens is 319 g/mol. The van der Waals surface area contributed by atoms with E-state index in [-0.39, 0.29) is 25.1 Å². The fourth-order valence-corrected chi connectivity index (χ4v) is 3.05. The van der Waals surface area contributed by atoms with Crippen LogP contribution in [0.1, 0.15) is 20.3 Å². The van der Waals surface area contributed by atoms with Crippen LogP contribution in [0.5, 0.6) is 0 Å². The molecule has 0 spiro atoms. The molecule has 0 radical (unpaired) electrons. The lowest BCUT2D eigenvalue weighted by Gasteiger charge is -2.36. The van der Waals surface area contributed by atoms with Crippen molar-refractivity contribution < 1.29 is 5.11 Å². The van der Waals surface area contributed by atoms with Gasteiger partial charge in [0.1, 0.15) is 11.2 Å². The van der Waals surface area contributed by atoms with Gasteiger partial charge in [0.2, 0.25) is 5.84 Å². The van der Waals surface area contributed by atoms with Crippen LogP contribution in [0.4, 0.5) is 5.69 Å². The molecule has 3 nitrogen and oxygen atoms in total. The van der Waals surface area contributed by atoms with Gasteiger partial charge in [-0.05, 0) is 26.0 Å². The summed E-state index contributed by atoms with van der Waals surface area (Å²) in [6.45, 7) is 4.28. The molecule has 1 aromatic rings. The number of rotatable bonds is 4. The predicted octanol–water partition coefficient (Wildman–Crippen LogP) is 4.40. The first-order valence-electron chi connectivity index (χ1n) is 6.22. The molecule has 2 rings (SSSR count). The van der Waals surface area contributed by atoms with Crippen molar-refractivity contribution in [2.45, 2.75) is 26.3 Å². The van der Waals surface area contributed by atoms with E-state index in [4.69, 9.17) is 23.2 Å². The van der Waals surface area contributed by atoms with Crippen LogP contribution in [-0.2, 0) is 0 Å². The van der Waals surface area contributed by atoms with E-state index in [9.17, 15) is 5.11 Å². The first-order chi connectivity index (χ1) is 9.02. The molecule has 0 bridgehead atoms. The zero-order valence-corrected chi connectivity index (χ0v) is 13.7. The molecule has 1 aromatic carbocycles. The third kappa shape index (κ3) is 2.87. The van der Waals surface area contributed by atoms with Gasteiger partial charge in [-0.1, -0.05) is 23.2 Å². The Kier molecular flexibility index (Phi) is 6.05. The molecule has 1 heterocycles. The molecule has 0 fully saturated rings. The standard InChI is InChI=1S/C14H17Cl2N2O.ClH/c1-10(2)18(7-6-17-14(18)5-8-19)13-4-3-11(15)9-12(13)16;/h3-4,6-7,9-10,19H,5,8H2,1-2H3;1H/q+1;. The predicted molar refractivity (Wildman–Crippen MR) is 88.9 cm³/mol. The summed E-state index contributed by atoms with van der Waals surface area (Å²) in [4.78, 5) is 4.40. The maximum Gasteiger partial charge on any atom is 0.215 e. The third-order valence-electron chi connectivity index (χ3n) is 3.41. The van der Waals surface area contributed by atoms with Gasteiger partial charge in [0.05, 0.1) is 25.3 Å². The van der Waals surface area contributed by atoms with Crippen molar-refractivity contribution in [3.8, 4) is 0 Å². The zero-order chi connectivity index (χ0) is 14.0. The van der Waals surface area contributed by atoms with Gasteiger partial charge in [-0.25, -0.2) is 9.48 Å². The van der Waals surface area contributed by atoms with Crippen LogP contribution in [0.25, 0.3) is 0 Å². The van der Waals surface area contributed by atoms with Crippen LogP contribution < -0.4 is 4.48 Å². The smallest absolute Gasteiger partial charge is 0.215 e. The first kappa shape index (κ1) is 17.5. The number of quaternary nitrogens is 1. The van der Waals surface area contributed by atoms with Crippen molar-refractivity contribution >= 4 is 47.1 Å². The first-order valence-corrected chi connectivity index (χ1v) is 6.98. The quantitative estimate of drug-likeness (QED) is 0.812. The van der Waals surface area contributed by atoms with Crippen LogP contribution in [0.3, 0.4) is 0 Å². The summed E-state index contributed by atoms with van der Waals surface area (Å²) in [5, 5.41) is 10.4. The molecule has 0 aromatic heterocycles. The Hall–Kier alpha value is -0.580. The molecule has 0 saturated carbocycles. The number of aliphatic hydroxyl groups is 1. The van der Waals surface area contributed by atoms with E-state index in [2.05, 4.69) is 18.8 Å². The molecule has 110 valence electrons. The lowest BCUT2D eigenvalue weighted by molar-refractivity contribution is 0.300. The average Bonchev–Trinajstić information content (AvgIpc) is 2.74. The van der Waals surface area contributed by atoms with Crippen molar-refractivity contribution in [3.63, 3.8) is 0 Å². The number of halogens is 3. The Bertz CT molecular complexity index is 543. The Balaban J connectivity index is 0.00000200. The van der Waals surface area contributed by atoms with E-state index in [0.29, 0.717) is 20.9 Å². The molecule has 1 aliphatic rings. The second-order valence-corrected chi connectivity index (χ2v) is 5.63. The van der Waals surface area contributed by atoms with E-state index in [0.717, 1.165) is 11.5 Å². The lowest BCUT2D eigenvalue weighted by atomic mass is 10.1. The largest absolute Gasteiger partial charge is 0.396 e. The van der Waals surface area contributed by atoms with Gasteiger partial charge < -0.3 is 5.11 Å². The van der Waals surface area contributed by atoms with Crippen LogP contribution in [0.15, 0.2) is 35.6 Å². The van der Waals surface area contributed by atoms with Crippen LogP contribution >= 0.6 is 35.6 Å². The second kappa shape index (κ2) is 6.92. The number of amidine groups is 1. The number of aliphatic hydroxyl groups excluding tert-OH is 1. The van der Waals surface area contributed by atoms with E-state index >= 15 is 0 Å². The molecule has 1 aliphatic heterocycles. The van der Waals surface area contributed by atoms with Crippen LogP contribution in [0.2, 0.25) is 10.0 Å². The normalized spacial score (nSPS) is 21.0. The van der Waals surface area contributed by atoms with E-state index < -0.39 is 0 Å². The second-order valence-electron chi connectivity index (χ2n) is 4.78. The maximum absolute atomic E-state index is 9.23. The summed E-state index contributed by atoms with van der Waals surface area (Å²) in [5.74, 6) is 0.890. The summed E-state index contributed by atoms with van der Waals surface area (Å²) in [6.07, 6.45) is 4.30. The van der Waals surface area contributed by atoms with Gasteiger partial charge in [-0.3, -0.25) is 0 Å².